The van der Waals surface area contributed by atoms with Gasteiger partial charge in [-0.05, 0) is 37.3 Å². The molecule has 8 heteroatoms. The predicted octanol–water partition coefficient (Wildman–Crippen LogP) is 2.89. The number of anilines is 2. The highest BCUT2D eigenvalue weighted by Gasteiger charge is 2.27. The highest BCUT2D eigenvalue weighted by Crippen LogP contribution is 2.29. The van der Waals surface area contributed by atoms with Crippen LogP contribution in [0.2, 0.25) is 0 Å². The number of hydrogen-bond acceptors (Lipinski definition) is 6. The quantitative estimate of drug-likeness (QED) is 0.674. The smallest absolute Gasteiger partial charge is 0.175 e. The van der Waals surface area contributed by atoms with Gasteiger partial charge in [0, 0.05) is 37.3 Å². The van der Waals surface area contributed by atoms with E-state index < -0.39 is 9.84 Å². The zero-order valence-corrected chi connectivity index (χ0v) is 16.5. The molecule has 1 aliphatic rings. The standard InChI is InChI=1S/C20H21FN4O2S/c1-14-12-24(9-10-25(14)19-6-4-3-5-17(19)21)20-16-11-15(28(2,26)27)7-8-18(16)22-13-23-20/h3-8,11,13-14H,9-10,12H2,1-2H3. The summed E-state index contributed by atoms with van der Waals surface area (Å²) in [5.41, 5.74) is 1.29. The molecule has 0 aliphatic carbocycles. The van der Waals surface area contributed by atoms with Gasteiger partial charge in [0.05, 0.1) is 16.1 Å². The second kappa shape index (κ2) is 7.01. The number of sulfone groups is 1. The number of benzene rings is 2. The fraction of sp³-hybridized carbons (Fsp3) is 0.300. The molecule has 0 N–H and O–H groups in total. The molecule has 0 saturated carbocycles. The molecule has 0 spiro atoms. The van der Waals surface area contributed by atoms with E-state index in [0.29, 0.717) is 42.0 Å². The number of aromatic nitrogens is 2. The molecule has 0 bridgehead atoms. The first-order valence-electron chi connectivity index (χ1n) is 9.05. The Bertz CT molecular complexity index is 1140. The molecule has 2 aromatic carbocycles. The highest BCUT2D eigenvalue weighted by molar-refractivity contribution is 7.90. The zero-order chi connectivity index (χ0) is 19.9. The van der Waals surface area contributed by atoms with Gasteiger partial charge in [-0.1, -0.05) is 12.1 Å². The Morgan fingerprint density at radius 2 is 1.89 bits per heavy atom. The highest BCUT2D eigenvalue weighted by atomic mass is 32.2. The number of fused-ring (bicyclic) bond motifs is 1. The lowest BCUT2D eigenvalue weighted by atomic mass is 10.1. The first-order valence-corrected chi connectivity index (χ1v) is 10.9. The van der Waals surface area contributed by atoms with Crippen molar-refractivity contribution < 1.29 is 12.8 Å². The van der Waals surface area contributed by atoms with E-state index in [1.54, 1.807) is 30.3 Å². The number of rotatable bonds is 3. The molecular weight excluding hydrogens is 379 g/mol. The average Bonchev–Trinajstić information content (AvgIpc) is 2.67. The Kier molecular flexibility index (Phi) is 4.66. The van der Waals surface area contributed by atoms with Gasteiger partial charge in [0.2, 0.25) is 0 Å². The number of piperazine rings is 1. The van der Waals surface area contributed by atoms with Crippen molar-refractivity contribution in [2.24, 2.45) is 0 Å². The Labute approximate surface area is 163 Å². The lowest BCUT2D eigenvalue weighted by Crippen LogP contribution is -2.52. The molecular formula is C20H21FN4O2S. The van der Waals surface area contributed by atoms with Crippen LogP contribution in [0.15, 0.2) is 53.7 Å². The predicted molar refractivity (Wildman–Crippen MR) is 108 cm³/mol. The van der Waals surface area contributed by atoms with E-state index in [2.05, 4.69) is 19.8 Å². The number of para-hydroxylation sites is 1. The van der Waals surface area contributed by atoms with Gasteiger partial charge in [0.25, 0.3) is 0 Å². The number of halogens is 1. The van der Waals surface area contributed by atoms with E-state index in [1.165, 1.54) is 18.6 Å². The Hall–Kier alpha value is -2.74. The van der Waals surface area contributed by atoms with Crippen LogP contribution in [-0.2, 0) is 9.84 Å². The molecule has 6 nitrogen and oxygen atoms in total. The van der Waals surface area contributed by atoms with Crippen LogP contribution in [0, 0.1) is 5.82 Å². The van der Waals surface area contributed by atoms with Crippen LogP contribution in [0.4, 0.5) is 15.9 Å². The third-order valence-electron chi connectivity index (χ3n) is 5.10. The molecule has 0 radical (unpaired) electrons. The molecule has 1 fully saturated rings. The van der Waals surface area contributed by atoms with Crippen LogP contribution >= 0.6 is 0 Å². The maximum atomic E-state index is 14.2. The molecule has 4 rings (SSSR count). The van der Waals surface area contributed by atoms with E-state index in [9.17, 15) is 12.8 Å². The van der Waals surface area contributed by atoms with Crippen LogP contribution in [0.25, 0.3) is 10.9 Å². The fourth-order valence-electron chi connectivity index (χ4n) is 3.70. The molecule has 1 aliphatic heterocycles. The minimum Gasteiger partial charge on any atom is -0.363 e. The van der Waals surface area contributed by atoms with Crippen molar-refractivity contribution in [1.29, 1.82) is 0 Å². The van der Waals surface area contributed by atoms with Crippen molar-refractivity contribution in [3.63, 3.8) is 0 Å². The van der Waals surface area contributed by atoms with Gasteiger partial charge in [-0.2, -0.15) is 0 Å². The lowest BCUT2D eigenvalue weighted by molar-refractivity contribution is 0.531. The first-order chi connectivity index (χ1) is 13.3. The molecule has 28 heavy (non-hydrogen) atoms. The van der Waals surface area contributed by atoms with Gasteiger partial charge in [-0.25, -0.2) is 22.8 Å². The van der Waals surface area contributed by atoms with Crippen LogP contribution in [-0.4, -0.2) is 50.3 Å². The van der Waals surface area contributed by atoms with Crippen molar-refractivity contribution in [3.05, 3.63) is 54.6 Å². The Morgan fingerprint density at radius 3 is 2.61 bits per heavy atom. The lowest BCUT2D eigenvalue weighted by Gasteiger charge is -2.42. The molecule has 1 atom stereocenters. The van der Waals surface area contributed by atoms with Crippen LogP contribution in [0.5, 0.6) is 0 Å². The summed E-state index contributed by atoms with van der Waals surface area (Å²) in [5, 5.41) is 0.706. The van der Waals surface area contributed by atoms with Crippen LogP contribution in [0.3, 0.4) is 0 Å². The summed E-state index contributed by atoms with van der Waals surface area (Å²) < 4.78 is 38.1. The largest absolute Gasteiger partial charge is 0.363 e. The van der Waals surface area contributed by atoms with Crippen LogP contribution in [0.1, 0.15) is 6.92 Å². The molecule has 0 amide bonds. The van der Waals surface area contributed by atoms with E-state index in [4.69, 9.17) is 0 Å². The zero-order valence-electron chi connectivity index (χ0n) is 15.7. The van der Waals surface area contributed by atoms with Crippen molar-refractivity contribution in [1.82, 2.24) is 9.97 Å². The number of hydrogen-bond donors (Lipinski definition) is 0. The van der Waals surface area contributed by atoms with Gasteiger partial charge in [-0.15, -0.1) is 0 Å². The maximum absolute atomic E-state index is 14.2. The van der Waals surface area contributed by atoms with Crippen LogP contribution < -0.4 is 9.80 Å². The third-order valence-corrected chi connectivity index (χ3v) is 6.21. The minimum absolute atomic E-state index is 0.0637. The van der Waals surface area contributed by atoms with Gasteiger partial charge in [-0.3, -0.25) is 0 Å². The molecule has 1 saturated heterocycles. The summed E-state index contributed by atoms with van der Waals surface area (Å²) in [6.07, 6.45) is 2.68. The van der Waals surface area contributed by atoms with Crippen molar-refractivity contribution >= 4 is 32.2 Å². The maximum Gasteiger partial charge on any atom is 0.175 e. The van der Waals surface area contributed by atoms with E-state index in [0.717, 1.165) is 0 Å². The molecule has 3 aromatic rings. The molecule has 1 aromatic heterocycles. The Balaban J connectivity index is 1.67. The summed E-state index contributed by atoms with van der Waals surface area (Å²) >= 11 is 0. The van der Waals surface area contributed by atoms with Crippen molar-refractivity contribution in [2.75, 3.05) is 35.7 Å². The summed E-state index contributed by atoms with van der Waals surface area (Å²) in [6.45, 7) is 3.97. The second-order valence-electron chi connectivity index (χ2n) is 7.09. The second-order valence-corrected chi connectivity index (χ2v) is 9.10. The topological polar surface area (TPSA) is 66.4 Å². The van der Waals surface area contributed by atoms with Gasteiger partial charge in [0.1, 0.15) is 18.0 Å². The Morgan fingerprint density at radius 1 is 1.11 bits per heavy atom. The first kappa shape index (κ1) is 18.6. The van der Waals surface area contributed by atoms with E-state index in [1.807, 2.05) is 13.0 Å². The molecule has 1 unspecified atom stereocenters. The normalized spacial score (nSPS) is 17.9. The van der Waals surface area contributed by atoms with Crippen molar-refractivity contribution in [2.45, 2.75) is 17.9 Å². The SMILES string of the molecule is CC1CN(c2ncnc3ccc(S(C)(=O)=O)cc23)CCN1c1ccccc1F. The fourth-order valence-corrected chi connectivity index (χ4v) is 4.34. The van der Waals surface area contributed by atoms with Gasteiger partial charge >= 0.3 is 0 Å². The summed E-state index contributed by atoms with van der Waals surface area (Å²) in [6, 6.07) is 11.7. The van der Waals surface area contributed by atoms with E-state index >= 15 is 0 Å². The van der Waals surface area contributed by atoms with Gasteiger partial charge in [0.15, 0.2) is 9.84 Å². The monoisotopic (exact) mass is 400 g/mol. The van der Waals surface area contributed by atoms with Crippen molar-refractivity contribution in [3.8, 4) is 0 Å². The average molecular weight is 400 g/mol. The third kappa shape index (κ3) is 3.40. The number of nitrogens with zero attached hydrogens (tertiary/aromatic N) is 4. The van der Waals surface area contributed by atoms with E-state index in [-0.39, 0.29) is 16.8 Å². The molecule has 146 valence electrons. The summed E-state index contributed by atoms with van der Waals surface area (Å²) in [4.78, 5) is 13.1. The minimum atomic E-state index is -3.33. The molecule has 2 heterocycles. The van der Waals surface area contributed by atoms with Gasteiger partial charge < -0.3 is 9.80 Å². The summed E-state index contributed by atoms with van der Waals surface area (Å²) in [5.74, 6) is 0.476. The summed E-state index contributed by atoms with van der Waals surface area (Å²) in [7, 11) is -3.33.